The van der Waals surface area contributed by atoms with Crippen LogP contribution in [0.25, 0.3) is 33.4 Å². The van der Waals surface area contributed by atoms with Gasteiger partial charge in [-0.3, -0.25) is 0 Å². The molecule has 5 rings (SSSR count). The lowest BCUT2D eigenvalue weighted by Crippen LogP contribution is -2.23. The molecule has 0 atom stereocenters. The van der Waals surface area contributed by atoms with E-state index in [-0.39, 0.29) is 28.0 Å². The lowest BCUT2D eigenvalue weighted by molar-refractivity contribution is -0.187. The number of alkyl halides is 2. The molecule has 0 aliphatic heterocycles. The van der Waals surface area contributed by atoms with E-state index in [0.717, 1.165) is 30.3 Å². The van der Waals surface area contributed by atoms with E-state index >= 15 is 4.39 Å². The van der Waals surface area contributed by atoms with Gasteiger partial charge in [-0.15, -0.1) is 6.58 Å². The summed E-state index contributed by atoms with van der Waals surface area (Å²) in [5.41, 5.74) is 1.03. The second kappa shape index (κ2) is 12.2. The maximum absolute atomic E-state index is 15.1. The van der Waals surface area contributed by atoms with Gasteiger partial charge in [0.1, 0.15) is 23.2 Å². The zero-order valence-electron chi connectivity index (χ0n) is 22.5. The number of allylic oxidation sites excluding steroid dienone is 1. The molecular formula is C35H23F7O. The highest BCUT2D eigenvalue weighted by Crippen LogP contribution is 2.36. The number of hydrogen-bond acceptors (Lipinski definition) is 1. The lowest BCUT2D eigenvalue weighted by Gasteiger charge is -2.19. The van der Waals surface area contributed by atoms with Crippen LogP contribution in [0.2, 0.25) is 0 Å². The van der Waals surface area contributed by atoms with Crippen molar-refractivity contribution in [3.63, 3.8) is 0 Å². The van der Waals surface area contributed by atoms with E-state index in [9.17, 15) is 26.3 Å². The lowest BCUT2D eigenvalue weighted by atomic mass is 9.97. The standard InChI is InChI=1S/C35H23F7O/c1-2-3-4-21-5-15-29(33(39)17-21)35(41,42)43-26-11-6-22(7-12-26)23-8-13-27(31(37)18-23)24-9-14-28(32(38)19-24)25-10-16-30(36)34(40)20-25/h2,5-20H,1,3-4H2. The first-order valence-corrected chi connectivity index (χ1v) is 13.2. The predicted molar refractivity (Wildman–Crippen MR) is 152 cm³/mol. The van der Waals surface area contributed by atoms with Gasteiger partial charge in [-0.25, -0.2) is 22.0 Å². The number of rotatable bonds is 9. The van der Waals surface area contributed by atoms with Crippen molar-refractivity contribution in [3.8, 4) is 39.1 Å². The first-order chi connectivity index (χ1) is 20.6. The Balaban J connectivity index is 1.32. The molecule has 0 saturated heterocycles. The SMILES string of the molecule is C=CCCc1ccc(C(F)(F)Oc2ccc(-c3ccc(-c4ccc(-c5ccc(F)c(F)c5)c(F)c4)c(F)c3)cc2)c(F)c1. The van der Waals surface area contributed by atoms with Crippen LogP contribution < -0.4 is 4.74 Å². The third-order valence-electron chi connectivity index (χ3n) is 6.90. The largest absolute Gasteiger partial charge is 0.429 e. The van der Waals surface area contributed by atoms with Crippen LogP contribution in [0.3, 0.4) is 0 Å². The van der Waals surface area contributed by atoms with Gasteiger partial charge >= 0.3 is 6.11 Å². The molecule has 0 N–H and O–H groups in total. The van der Waals surface area contributed by atoms with Crippen molar-refractivity contribution >= 4 is 0 Å². The molecule has 0 aliphatic rings. The van der Waals surface area contributed by atoms with Crippen LogP contribution in [0.1, 0.15) is 17.5 Å². The van der Waals surface area contributed by atoms with E-state index in [4.69, 9.17) is 4.74 Å². The first-order valence-electron chi connectivity index (χ1n) is 13.2. The number of halogens is 7. The molecule has 1 nitrogen and oxygen atoms in total. The Kier molecular flexibility index (Phi) is 8.39. The second-order valence-corrected chi connectivity index (χ2v) is 9.80. The fourth-order valence-corrected chi connectivity index (χ4v) is 4.65. The Hall–Kier alpha value is -4.85. The minimum absolute atomic E-state index is 0.0239. The van der Waals surface area contributed by atoms with Crippen molar-refractivity contribution in [2.45, 2.75) is 19.0 Å². The summed E-state index contributed by atoms with van der Waals surface area (Å²) in [6.45, 7) is 3.58. The minimum atomic E-state index is -3.94. The van der Waals surface area contributed by atoms with E-state index in [2.05, 4.69) is 6.58 Å². The average molecular weight is 593 g/mol. The van der Waals surface area contributed by atoms with Gasteiger partial charge in [0, 0.05) is 11.1 Å². The van der Waals surface area contributed by atoms with Crippen molar-refractivity contribution < 1.29 is 35.5 Å². The van der Waals surface area contributed by atoms with Gasteiger partial charge in [-0.05, 0) is 89.2 Å². The minimum Gasteiger partial charge on any atom is -0.429 e. The summed E-state index contributed by atoms with van der Waals surface area (Å²) in [5, 5.41) is 0. The molecule has 0 amide bonds. The van der Waals surface area contributed by atoms with Crippen molar-refractivity contribution in [2.24, 2.45) is 0 Å². The highest BCUT2D eigenvalue weighted by Gasteiger charge is 2.37. The summed E-state index contributed by atoms with van der Waals surface area (Å²) < 4.78 is 106. The molecule has 218 valence electrons. The van der Waals surface area contributed by atoms with Crippen LogP contribution in [-0.2, 0) is 12.5 Å². The molecule has 5 aromatic carbocycles. The molecule has 0 fully saturated rings. The Bertz CT molecular complexity index is 1800. The van der Waals surface area contributed by atoms with Gasteiger partial charge in [0.15, 0.2) is 11.6 Å². The van der Waals surface area contributed by atoms with Gasteiger partial charge in [-0.2, -0.15) is 8.78 Å². The highest BCUT2D eigenvalue weighted by atomic mass is 19.3. The molecule has 0 saturated carbocycles. The number of ether oxygens (including phenoxy) is 1. The van der Waals surface area contributed by atoms with Crippen LogP contribution in [-0.4, -0.2) is 0 Å². The topological polar surface area (TPSA) is 9.23 Å². The van der Waals surface area contributed by atoms with Crippen LogP contribution in [0.5, 0.6) is 5.75 Å². The summed E-state index contributed by atoms with van der Waals surface area (Å²) in [7, 11) is 0. The van der Waals surface area contributed by atoms with E-state index in [0.29, 0.717) is 29.5 Å². The zero-order chi connectivity index (χ0) is 30.7. The molecule has 0 spiro atoms. The van der Waals surface area contributed by atoms with E-state index in [1.807, 2.05) is 0 Å². The molecule has 0 aromatic heterocycles. The van der Waals surface area contributed by atoms with Gasteiger partial charge in [-0.1, -0.05) is 54.6 Å². The smallest absolute Gasteiger partial charge is 0.429 e. The van der Waals surface area contributed by atoms with Crippen LogP contribution in [0, 0.1) is 29.1 Å². The van der Waals surface area contributed by atoms with E-state index < -0.39 is 40.8 Å². The summed E-state index contributed by atoms with van der Waals surface area (Å²) in [6, 6.07) is 20.0. The third kappa shape index (κ3) is 6.48. The Morgan fingerprint density at radius 1 is 0.558 bits per heavy atom. The summed E-state index contributed by atoms with van der Waals surface area (Å²) in [6.07, 6.45) is -1.23. The molecule has 0 radical (unpaired) electrons. The fourth-order valence-electron chi connectivity index (χ4n) is 4.65. The molecule has 0 bridgehead atoms. The van der Waals surface area contributed by atoms with Crippen molar-refractivity contribution in [2.75, 3.05) is 0 Å². The van der Waals surface area contributed by atoms with Crippen molar-refractivity contribution in [1.82, 2.24) is 0 Å². The number of benzene rings is 5. The van der Waals surface area contributed by atoms with Crippen LogP contribution in [0.15, 0.2) is 110 Å². The van der Waals surface area contributed by atoms with Gasteiger partial charge in [0.05, 0.1) is 5.56 Å². The quantitative estimate of drug-likeness (QED) is 0.122. The molecule has 5 aromatic rings. The zero-order valence-corrected chi connectivity index (χ0v) is 22.5. The average Bonchev–Trinajstić information content (AvgIpc) is 2.97. The van der Waals surface area contributed by atoms with Crippen LogP contribution in [0.4, 0.5) is 30.7 Å². The van der Waals surface area contributed by atoms with Crippen molar-refractivity contribution in [1.29, 1.82) is 0 Å². The van der Waals surface area contributed by atoms with Gasteiger partial charge in [0.25, 0.3) is 0 Å². The van der Waals surface area contributed by atoms with Crippen LogP contribution >= 0.6 is 0 Å². The monoisotopic (exact) mass is 592 g/mol. The number of hydrogen-bond donors (Lipinski definition) is 0. The fraction of sp³-hybridized carbons (Fsp3) is 0.0857. The molecule has 0 unspecified atom stereocenters. The second-order valence-electron chi connectivity index (χ2n) is 9.80. The first kappa shape index (κ1) is 29.6. The normalized spacial score (nSPS) is 11.4. The molecule has 0 heterocycles. The van der Waals surface area contributed by atoms with E-state index in [1.165, 1.54) is 60.7 Å². The van der Waals surface area contributed by atoms with Gasteiger partial charge < -0.3 is 4.74 Å². The third-order valence-corrected chi connectivity index (χ3v) is 6.90. The Labute approximate surface area is 243 Å². The highest BCUT2D eigenvalue weighted by molar-refractivity contribution is 5.74. The summed E-state index contributed by atoms with van der Waals surface area (Å²) in [5.74, 6) is -4.90. The molecular weight excluding hydrogens is 569 g/mol. The Morgan fingerprint density at radius 2 is 1.12 bits per heavy atom. The molecule has 8 heteroatoms. The maximum atomic E-state index is 15.1. The summed E-state index contributed by atoms with van der Waals surface area (Å²) >= 11 is 0. The Morgan fingerprint density at radius 3 is 1.70 bits per heavy atom. The van der Waals surface area contributed by atoms with Gasteiger partial charge in [0.2, 0.25) is 0 Å². The van der Waals surface area contributed by atoms with E-state index in [1.54, 1.807) is 12.1 Å². The summed E-state index contributed by atoms with van der Waals surface area (Å²) in [4.78, 5) is 0. The maximum Gasteiger partial charge on any atom is 0.429 e. The predicted octanol–water partition coefficient (Wildman–Crippen LogP) is 10.6. The number of aryl methyl sites for hydroxylation is 1. The molecule has 43 heavy (non-hydrogen) atoms. The van der Waals surface area contributed by atoms with Crippen molar-refractivity contribution in [3.05, 3.63) is 150 Å². The molecule has 0 aliphatic carbocycles.